The highest BCUT2D eigenvalue weighted by atomic mass is 32.2. The highest BCUT2D eigenvalue weighted by Gasteiger charge is 2.42. The molecule has 1 unspecified atom stereocenters. The predicted octanol–water partition coefficient (Wildman–Crippen LogP) is 1.91. The molecule has 20 heavy (non-hydrogen) atoms. The van der Waals surface area contributed by atoms with Crippen molar-refractivity contribution in [1.29, 1.82) is 0 Å². The summed E-state index contributed by atoms with van der Waals surface area (Å²) in [4.78, 5) is 2.36. The van der Waals surface area contributed by atoms with Crippen molar-refractivity contribution in [2.45, 2.75) is 57.0 Å². The molecule has 0 aliphatic heterocycles. The van der Waals surface area contributed by atoms with Gasteiger partial charge in [0, 0.05) is 23.6 Å². The van der Waals surface area contributed by atoms with Gasteiger partial charge in [-0.1, -0.05) is 6.92 Å². The van der Waals surface area contributed by atoms with E-state index in [1.807, 2.05) is 7.05 Å². The smallest absolute Gasteiger partial charge is 0.147 e. The monoisotopic (exact) mass is 304 g/mol. The van der Waals surface area contributed by atoms with E-state index < -0.39 is 9.84 Å². The lowest BCUT2D eigenvalue weighted by atomic mass is 9.71. The molecule has 0 heterocycles. The average Bonchev–Trinajstić information content (AvgIpc) is 2.35. The molecule has 1 atom stereocenters. The second-order valence-electron chi connectivity index (χ2n) is 6.79. The van der Waals surface area contributed by atoms with Crippen molar-refractivity contribution in [2.24, 2.45) is 5.92 Å². The molecular weight excluding hydrogens is 272 g/mol. The van der Waals surface area contributed by atoms with Gasteiger partial charge < -0.3 is 10.2 Å². The summed E-state index contributed by atoms with van der Waals surface area (Å²) in [5.74, 6) is 1.11. The molecule has 0 spiro atoms. The Hall–Kier alpha value is -0.130. The Morgan fingerprint density at radius 1 is 1.30 bits per heavy atom. The van der Waals surface area contributed by atoms with Crippen LogP contribution in [0.3, 0.4) is 0 Å². The molecule has 1 rings (SSSR count). The molecule has 1 aliphatic rings. The summed E-state index contributed by atoms with van der Waals surface area (Å²) < 4.78 is 22.6. The number of nitrogens with zero attached hydrogens (tertiary/aromatic N) is 1. The number of hydrogen-bond donors (Lipinski definition) is 1. The van der Waals surface area contributed by atoms with Gasteiger partial charge in [0.15, 0.2) is 0 Å². The van der Waals surface area contributed by atoms with Crippen molar-refractivity contribution in [3.8, 4) is 0 Å². The molecule has 5 heteroatoms. The van der Waals surface area contributed by atoms with Gasteiger partial charge in [-0.2, -0.15) is 0 Å². The normalized spacial score (nSPS) is 29.6. The van der Waals surface area contributed by atoms with Crippen molar-refractivity contribution in [2.75, 3.05) is 33.2 Å². The topological polar surface area (TPSA) is 49.4 Å². The van der Waals surface area contributed by atoms with E-state index in [9.17, 15) is 8.42 Å². The Morgan fingerprint density at radius 3 is 2.25 bits per heavy atom. The molecule has 1 aliphatic carbocycles. The Morgan fingerprint density at radius 2 is 1.85 bits per heavy atom. The summed E-state index contributed by atoms with van der Waals surface area (Å²) in [6.45, 7) is 2.33. The summed E-state index contributed by atoms with van der Waals surface area (Å²) in [6.07, 6.45) is 7.93. The first-order valence-electron chi connectivity index (χ1n) is 7.73. The van der Waals surface area contributed by atoms with Gasteiger partial charge in [0.05, 0.1) is 0 Å². The Kier molecular flexibility index (Phi) is 6.48. The molecule has 0 aromatic heterocycles. The van der Waals surface area contributed by atoms with E-state index in [-0.39, 0.29) is 5.54 Å². The summed E-state index contributed by atoms with van der Waals surface area (Å²) >= 11 is 0. The highest BCUT2D eigenvalue weighted by molar-refractivity contribution is 7.90. The number of likely N-dealkylation sites (N-methyl/N-ethyl adjacent to an activating group) is 2. The third-order valence-corrected chi connectivity index (χ3v) is 6.07. The van der Waals surface area contributed by atoms with Crippen LogP contribution in [0.2, 0.25) is 0 Å². The van der Waals surface area contributed by atoms with Crippen molar-refractivity contribution in [1.82, 2.24) is 10.2 Å². The van der Waals surface area contributed by atoms with Crippen LogP contribution in [0.15, 0.2) is 0 Å². The zero-order valence-corrected chi connectivity index (χ0v) is 14.6. The number of nitrogens with one attached hydrogen (secondary N) is 1. The van der Waals surface area contributed by atoms with Gasteiger partial charge in [-0.15, -0.1) is 0 Å². The van der Waals surface area contributed by atoms with E-state index >= 15 is 0 Å². The fourth-order valence-electron chi connectivity index (χ4n) is 3.60. The van der Waals surface area contributed by atoms with Crippen LogP contribution in [0.4, 0.5) is 0 Å². The molecular formula is C15H32N2O2S. The first kappa shape index (κ1) is 17.9. The van der Waals surface area contributed by atoms with Gasteiger partial charge >= 0.3 is 0 Å². The fourth-order valence-corrected chi connectivity index (χ4v) is 4.29. The van der Waals surface area contributed by atoms with Crippen LogP contribution in [0.1, 0.15) is 45.4 Å². The number of rotatable bonds is 7. The lowest BCUT2D eigenvalue weighted by Gasteiger charge is -2.50. The maximum atomic E-state index is 11.3. The molecule has 120 valence electrons. The Labute approximate surface area is 125 Å². The van der Waals surface area contributed by atoms with E-state index in [4.69, 9.17) is 0 Å². The van der Waals surface area contributed by atoms with Crippen LogP contribution in [0, 0.1) is 5.92 Å². The Bertz CT molecular complexity index is 385. The van der Waals surface area contributed by atoms with Gasteiger partial charge in [-0.25, -0.2) is 8.42 Å². The second kappa shape index (κ2) is 7.23. The van der Waals surface area contributed by atoms with Crippen LogP contribution >= 0.6 is 0 Å². The van der Waals surface area contributed by atoms with Crippen LogP contribution < -0.4 is 5.32 Å². The number of hydrogen-bond acceptors (Lipinski definition) is 4. The average molecular weight is 305 g/mol. The van der Waals surface area contributed by atoms with Crippen LogP contribution in [0.5, 0.6) is 0 Å². The molecule has 1 saturated carbocycles. The van der Waals surface area contributed by atoms with E-state index in [2.05, 4.69) is 31.2 Å². The molecule has 0 saturated heterocycles. The number of sulfone groups is 1. The third-order valence-electron chi connectivity index (χ3n) is 5.04. The summed E-state index contributed by atoms with van der Waals surface area (Å²) in [6, 6.07) is 0.367. The van der Waals surface area contributed by atoms with Gasteiger partial charge in [-0.05, 0) is 65.6 Å². The van der Waals surface area contributed by atoms with Crippen LogP contribution in [-0.4, -0.2) is 58.1 Å². The minimum Gasteiger partial charge on any atom is -0.315 e. The van der Waals surface area contributed by atoms with Crippen LogP contribution in [-0.2, 0) is 9.84 Å². The standard InChI is InChI=1S/C15H32N2O2S/c1-13-8-10-15(11-9-13,17(3)4)14(16-2)7-6-12-20(5,18)19/h13-14,16H,6-12H2,1-5H3. The lowest BCUT2D eigenvalue weighted by molar-refractivity contribution is 0.0429. The van der Waals surface area contributed by atoms with Crippen LogP contribution in [0.25, 0.3) is 0 Å². The predicted molar refractivity (Wildman–Crippen MR) is 85.8 cm³/mol. The molecule has 4 nitrogen and oxygen atoms in total. The zero-order valence-electron chi connectivity index (χ0n) is 13.8. The van der Waals surface area contributed by atoms with Crippen molar-refractivity contribution < 1.29 is 8.42 Å². The fraction of sp³-hybridized carbons (Fsp3) is 1.00. The molecule has 0 radical (unpaired) electrons. The molecule has 0 aromatic carbocycles. The van der Waals surface area contributed by atoms with Gasteiger partial charge in [0.1, 0.15) is 9.84 Å². The van der Waals surface area contributed by atoms with Crippen molar-refractivity contribution in [3.63, 3.8) is 0 Å². The van der Waals surface area contributed by atoms with E-state index in [1.165, 1.54) is 31.9 Å². The summed E-state index contributed by atoms with van der Waals surface area (Å²) in [7, 11) is 3.49. The lowest BCUT2D eigenvalue weighted by Crippen LogP contribution is -2.59. The van der Waals surface area contributed by atoms with E-state index in [0.29, 0.717) is 11.8 Å². The largest absolute Gasteiger partial charge is 0.315 e. The first-order valence-corrected chi connectivity index (χ1v) is 9.80. The maximum Gasteiger partial charge on any atom is 0.147 e. The van der Waals surface area contributed by atoms with Gasteiger partial charge in [0.2, 0.25) is 0 Å². The van der Waals surface area contributed by atoms with E-state index in [1.54, 1.807) is 0 Å². The zero-order chi connectivity index (χ0) is 15.4. The minimum atomic E-state index is -2.85. The quantitative estimate of drug-likeness (QED) is 0.780. The second-order valence-corrected chi connectivity index (χ2v) is 9.05. The van der Waals surface area contributed by atoms with Crippen molar-refractivity contribution >= 4 is 9.84 Å². The Balaban J connectivity index is 2.72. The van der Waals surface area contributed by atoms with Crippen molar-refractivity contribution in [3.05, 3.63) is 0 Å². The highest BCUT2D eigenvalue weighted by Crippen LogP contribution is 2.38. The van der Waals surface area contributed by atoms with E-state index in [0.717, 1.165) is 18.8 Å². The molecule has 0 aromatic rings. The van der Waals surface area contributed by atoms with Gasteiger partial charge in [-0.3, -0.25) is 0 Å². The molecule has 0 bridgehead atoms. The molecule has 0 amide bonds. The first-order chi connectivity index (χ1) is 9.21. The molecule has 1 N–H and O–H groups in total. The summed E-state index contributed by atoms with van der Waals surface area (Å²) in [5.41, 5.74) is 0.179. The van der Waals surface area contributed by atoms with Gasteiger partial charge in [0.25, 0.3) is 0 Å². The molecule has 1 fully saturated rings. The minimum absolute atomic E-state index is 0.179. The maximum absolute atomic E-state index is 11.3. The summed E-state index contributed by atoms with van der Waals surface area (Å²) in [5, 5.41) is 3.46. The third kappa shape index (κ3) is 4.71. The SMILES string of the molecule is CNC(CCCS(C)(=O)=O)C1(N(C)C)CCC(C)CC1.